The fourth-order valence-electron chi connectivity index (χ4n) is 0.817. The van der Waals surface area contributed by atoms with Crippen molar-refractivity contribution >= 4 is 6.08 Å². The predicted octanol–water partition coefficient (Wildman–Crippen LogP) is 1.63. The maximum atomic E-state index is 8.29. The van der Waals surface area contributed by atoms with Crippen LogP contribution in [0.15, 0.2) is 24.4 Å². The topological polar surface area (TPSA) is 45.9 Å². The summed E-state index contributed by atoms with van der Waals surface area (Å²) in [5.41, 5.74) is 0.668. The molecular weight excluding hydrogens is 152 g/mol. The molecule has 0 atom stereocenters. The minimum absolute atomic E-state index is 0.668. The van der Waals surface area contributed by atoms with E-state index in [-0.39, 0.29) is 0 Å². The Bertz CT molecular complexity index is 326. The van der Waals surface area contributed by atoms with Gasteiger partial charge in [0, 0.05) is 12.3 Å². The maximum absolute atomic E-state index is 8.29. The third-order valence-corrected chi connectivity index (χ3v) is 1.34. The molecule has 0 spiro atoms. The van der Waals surface area contributed by atoms with Crippen molar-refractivity contribution in [1.29, 1.82) is 5.26 Å². The van der Waals surface area contributed by atoms with Crippen LogP contribution in [0.4, 0.5) is 0 Å². The van der Waals surface area contributed by atoms with Crippen molar-refractivity contribution in [3.8, 4) is 11.8 Å². The van der Waals surface area contributed by atoms with E-state index < -0.39 is 0 Å². The lowest BCUT2D eigenvalue weighted by molar-refractivity contribution is 0.412. The van der Waals surface area contributed by atoms with Gasteiger partial charge in [-0.1, -0.05) is 0 Å². The lowest BCUT2D eigenvalue weighted by Gasteiger charge is -2.00. The lowest BCUT2D eigenvalue weighted by atomic mass is 10.3. The van der Waals surface area contributed by atoms with Crippen LogP contribution < -0.4 is 4.74 Å². The molecule has 0 aliphatic carbocycles. The average Bonchev–Trinajstić information content (AvgIpc) is 2.15. The van der Waals surface area contributed by atoms with Gasteiger partial charge in [-0.15, -0.1) is 0 Å². The summed E-state index contributed by atoms with van der Waals surface area (Å²) in [4.78, 5) is 4.02. The summed E-state index contributed by atoms with van der Waals surface area (Å²) in [7, 11) is 1.57. The second kappa shape index (κ2) is 4.14. The average molecular weight is 160 g/mol. The first-order chi connectivity index (χ1) is 5.88. The Morgan fingerprint density at radius 1 is 1.67 bits per heavy atom. The number of nitrogens with zero attached hydrogens (tertiary/aromatic N) is 2. The minimum atomic E-state index is 0.668. The highest BCUT2D eigenvalue weighted by Gasteiger charge is 1.96. The van der Waals surface area contributed by atoms with Crippen LogP contribution in [0.2, 0.25) is 0 Å². The van der Waals surface area contributed by atoms with Crippen molar-refractivity contribution in [2.24, 2.45) is 0 Å². The highest BCUT2D eigenvalue weighted by Crippen LogP contribution is 2.15. The van der Waals surface area contributed by atoms with E-state index in [1.807, 2.05) is 6.07 Å². The lowest BCUT2D eigenvalue weighted by Crippen LogP contribution is -1.88. The van der Waals surface area contributed by atoms with Gasteiger partial charge in [0.15, 0.2) is 0 Å². The molecule has 1 aromatic rings. The Morgan fingerprint density at radius 3 is 3.17 bits per heavy atom. The summed E-state index contributed by atoms with van der Waals surface area (Å²) in [5.74, 6) is 0.670. The monoisotopic (exact) mass is 160 g/mol. The van der Waals surface area contributed by atoms with E-state index in [4.69, 9.17) is 10.00 Å². The zero-order valence-electron chi connectivity index (χ0n) is 6.69. The molecule has 1 aromatic heterocycles. The summed E-state index contributed by atoms with van der Waals surface area (Å²) >= 11 is 0. The second-order valence-corrected chi connectivity index (χ2v) is 2.05. The number of methoxy groups -OCH3 is 1. The summed E-state index contributed by atoms with van der Waals surface area (Å²) in [6.07, 6.45) is 4.63. The molecule has 0 aromatic carbocycles. The van der Waals surface area contributed by atoms with Gasteiger partial charge in [-0.25, -0.2) is 0 Å². The molecule has 12 heavy (non-hydrogen) atoms. The number of rotatable bonds is 2. The van der Waals surface area contributed by atoms with E-state index in [2.05, 4.69) is 4.98 Å². The van der Waals surface area contributed by atoms with Gasteiger partial charge in [-0.2, -0.15) is 5.26 Å². The van der Waals surface area contributed by atoms with Crippen molar-refractivity contribution in [3.63, 3.8) is 0 Å². The quantitative estimate of drug-likeness (QED) is 0.617. The molecule has 0 amide bonds. The SMILES string of the molecule is COc1cccnc1C=CC#N. The molecule has 0 bridgehead atoms. The van der Waals surface area contributed by atoms with Crippen LogP contribution >= 0.6 is 0 Å². The van der Waals surface area contributed by atoms with E-state index in [0.29, 0.717) is 11.4 Å². The number of aromatic nitrogens is 1. The van der Waals surface area contributed by atoms with Crippen LogP contribution in [-0.2, 0) is 0 Å². The predicted molar refractivity (Wildman–Crippen MR) is 45.4 cm³/mol. The molecule has 0 unspecified atom stereocenters. The van der Waals surface area contributed by atoms with Gasteiger partial charge in [-0.05, 0) is 18.2 Å². The molecule has 0 fully saturated rings. The first-order valence-electron chi connectivity index (χ1n) is 3.43. The third kappa shape index (κ3) is 1.83. The summed E-state index contributed by atoms with van der Waals surface area (Å²) in [6, 6.07) is 5.47. The molecule has 0 aliphatic rings. The number of ether oxygens (including phenoxy) is 1. The molecule has 3 heteroatoms. The van der Waals surface area contributed by atoms with E-state index in [1.54, 1.807) is 31.5 Å². The van der Waals surface area contributed by atoms with Gasteiger partial charge in [-0.3, -0.25) is 4.98 Å². The number of pyridine rings is 1. The minimum Gasteiger partial charge on any atom is -0.494 e. The zero-order chi connectivity index (χ0) is 8.81. The van der Waals surface area contributed by atoms with Crippen LogP contribution in [0.1, 0.15) is 5.69 Å². The molecule has 0 saturated heterocycles. The van der Waals surface area contributed by atoms with Gasteiger partial charge in [0.25, 0.3) is 0 Å². The van der Waals surface area contributed by atoms with Crippen molar-refractivity contribution in [3.05, 3.63) is 30.1 Å². The molecule has 1 rings (SSSR count). The normalized spacial score (nSPS) is 9.67. The van der Waals surface area contributed by atoms with Crippen LogP contribution in [-0.4, -0.2) is 12.1 Å². The molecule has 3 nitrogen and oxygen atoms in total. The Labute approximate surface area is 70.9 Å². The molecule has 0 radical (unpaired) electrons. The van der Waals surface area contributed by atoms with Crippen LogP contribution in [0.3, 0.4) is 0 Å². The highest BCUT2D eigenvalue weighted by atomic mass is 16.5. The number of allylic oxidation sites excluding steroid dienone is 1. The van der Waals surface area contributed by atoms with Gasteiger partial charge in [0.05, 0.1) is 13.2 Å². The van der Waals surface area contributed by atoms with Gasteiger partial charge in [0.2, 0.25) is 0 Å². The first-order valence-corrected chi connectivity index (χ1v) is 3.43. The van der Waals surface area contributed by atoms with Gasteiger partial charge < -0.3 is 4.74 Å². The molecule has 0 aliphatic heterocycles. The fraction of sp³-hybridized carbons (Fsp3) is 0.111. The van der Waals surface area contributed by atoms with E-state index >= 15 is 0 Å². The van der Waals surface area contributed by atoms with Crippen molar-refractivity contribution in [1.82, 2.24) is 4.98 Å². The fourth-order valence-corrected chi connectivity index (χ4v) is 0.817. The molecule has 0 saturated carbocycles. The summed E-state index contributed by atoms with van der Waals surface area (Å²) in [5, 5.41) is 8.29. The summed E-state index contributed by atoms with van der Waals surface area (Å²) in [6.45, 7) is 0. The molecular formula is C9H8N2O. The van der Waals surface area contributed by atoms with E-state index in [9.17, 15) is 0 Å². The number of nitriles is 1. The first kappa shape index (κ1) is 8.28. The Balaban J connectivity index is 2.99. The standard InChI is InChI=1S/C9H8N2O/c1-12-9-5-3-7-11-8(9)4-2-6-10/h2-5,7H,1H3. The second-order valence-electron chi connectivity index (χ2n) is 2.05. The van der Waals surface area contributed by atoms with E-state index in [1.165, 1.54) is 6.08 Å². The Hall–Kier alpha value is -1.82. The largest absolute Gasteiger partial charge is 0.494 e. The van der Waals surface area contributed by atoms with E-state index in [0.717, 1.165) is 0 Å². The van der Waals surface area contributed by atoms with Crippen molar-refractivity contribution in [2.45, 2.75) is 0 Å². The van der Waals surface area contributed by atoms with Crippen LogP contribution in [0.25, 0.3) is 6.08 Å². The highest BCUT2D eigenvalue weighted by molar-refractivity contribution is 5.54. The van der Waals surface area contributed by atoms with Crippen LogP contribution in [0, 0.1) is 11.3 Å². The van der Waals surface area contributed by atoms with Gasteiger partial charge >= 0.3 is 0 Å². The number of hydrogen-bond acceptors (Lipinski definition) is 3. The number of hydrogen-bond donors (Lipinski definition) is 0. The summed E-state index contributed by atoms with van der Waals surface area (Å²) < 4.78 is 5.02. The Kier molecular flexibility index (Phi) is 2.86. The molecule has 0 N–H and O–H groups in total. The van der Waals surface area contributed by atoms with Crippen LogP contribution in [0.5, 0.6) is 5.75 Å². The molecule has 1 heterocycles. The molecule has 60 valence electrons. The smallest absolute Gasteiger partial charge is 0.144 e. The van der Waals surface area contributed by atoms with Gasteiger partial charge in [0.1, 0.15) is 11.4 Å². The van der Waals surface area contributed by atoms with Crippen molar-refractivity contribution < 1.29 is 4.74 Å². The third-order valence-electron chi connectivity index (χ3n) is 1.34. The van der Waals surface area contributed by atoms with Crippen molar-refractivity contribution in [2.75, 3.05) is 7.11 Å². The zero-order valence-corrected chi connectivity index (χ0v) is 6.69. The Morgan fingerprint density at radius 2 is 2.50 bits per heavy atom. The maximum Gasteiger partial charge on any atom is 0.144 e.